The van der Waals surface area contributed by atoms with Crippen LogP contribution in [0.3, 0.4) is 0 Å². The molecule has 0 radical (unpaired) electrons. The normalized spacial score (nSPS) is 15.6. The van der Waals surface area contributed by atoms with Crippen LogP contribution in [-0.2, 0) is 6.54 Å². The first-order valence-corrected chi connectivity index (χ1v) is 9.84. The number of hydrogen-bond acceptors (Lipinski definition) is 3. The van der Waals surface area contributed by atoms with Crippen molar-refractivity contribution >= 4 is 22.6 Å². The van der Waals surface area contributed by atoms with Gasteiger partial charge in [-0.25, -0.2) is 4.98 Å². The molecule has 0 unspecified atom stereocenters. The lowest BCUT2D eigenvalue weighted by molar-refractivity contribution is 0.229. The van der Waals surface area contributed by atoms with E-state index in [1.165, 1.54) is 37.9 Å². The molecule has 2 heterocycles. The smallest absolute Gasteiger partial charge is 0.138 e. The second-order valence-corrected chi connectivity index (χ2v) is 7.42. The number of H-pyrrole nitrogens is 1. The number of nitrogens with one attached hydrogen (secondary N) is 2. The summed E-state index contributed by atoms with van der Waals surface area (Å²) in [5.41, 5.74) is 4.32. The molecule has 0 atom stereocenters. The van der Waals surface area contributed by atoms with E-state index in [9.17, 15) is 0 Å². The summed E-state index contributed by atoms with van der Waals surface area (Å²) in [6.07, 6.45) is 4.08. The second kappa shape index (κ2) is 8.21. The van der Waals surface area contributed by atoms with Crippen molar-refractivity contribution in [1.82, 2.24) is 20.2 Å². The lowest BCUT2D eigenvalue weighted by atomic mass is 10.1. The van der Waals surface area contributed by atoms with Gasteiger partial charge in [0, 0.05) is 30.2 Å². The highest BCUT2D eigenvalue weighted by molar-refractivity contribution is 6.31. The van der Waals surface area contributed by atoms with Gasteiger partial charge in [0.25, 0.3) is 0 Å². The Balaban J connectivity index is 1.44. The first-order valence-electron chi connectivity index (χ1n) is 9.46. The molecule has 1 fully saturated rings. The van der Waals surface area contributed by atoms with Gasteiger partial charge in [-0.1, -0.05) is 42.3 Å². The highest BCUT2D eigenvalue weighted by Crippen LogP contribution is 2.25. The number of aromatic amines is 1. The number of benzene rings is 2. The third kappa shape index (κ3) is 4.09. The van der Waals surface area contributed by atoms with Crippen LogP contribution in [0.1, 0.15) is 24.8 Å². The molecule has 4 rings (SSSR count). The number of rotatable bonds is 6. The van der Waals surface area contributed by atoms with Crippen LogP contribution < -0.4 is 5.32 Å². The number of nitrogens with zero attached hydrogens (tertiary/aromatic N) is 2. The summed E-state index contributed by atoms with van der Waals surface area (Å²) in [6, 6.07) is 14.2. The summed E-state index contributed by atoms with van der Waals surface area (Å²) in [7, 11) is 0. The largest absolute Gasteiger partial charge is 0.338 e. The SMILES string of the molecule is Clc1ccc2nc(-c3ccccc3CNCCN3CCCCC3)[nH]c2c1. The van der Waals surface area contributed by atoms with Crippen LogP contribution in [0.15, 0.2) is 42.5 Å². The van der Waals surface area contributed by atoms with Crippen molar-refractivity contribution in [2.24, 2.45) is 0 Å². The Labute approximate surface area is 159 Å². The van der Waals surface area contributed by atoms with Gasteiger partial charge in [0.1, 0.15) is 5.82 Å². The first kappa shape index (κ1) is 17.5. The number of imidazole rings is 1. The van der Waals surface area contributed by atoms with Gasteiger partial charge in [0.15, 0.2) is 0 Å². The standard InChI is InChI=1S/C21H25ClN4/c22-17-8-9-19-20(14-17)25-21(24-19)18-7-3-2-6-16(18)15-23-10-13-26-11-4-1-5-12-26/h2-3,6-9,14,23H,1,4-5,10-13,15H2,(H,24,25). The Bertz CT molecular complexity index is 867. The quantitative estimate of drug-likeness (QED) is 0.631. The number of aromatic nitrogens is 2. The highest BCUT2D eigenvalue weighted by Gasteiger charge is 2.11. The fraction of sp³-hybridized carbons (Fsp3) is 0.381. The Morgan fingerprint density at radius 1 is 1.08 bits per heavy atom. The molecule has 26 heavy (non-hydrogen) atoms. The number of hydrogen-bond donors (Lipinski definition) is 2. The lowest BCUT2D eigenvalue weighted by Gasteiger charge is -2.26. The summed E-state index contributed by atoms with van der Waals surface area (Å²) < 4.78 is 0. The fourth-order valence-corrected chi connectivity index (χ4v) is 3.83. The zero-order valence-electron chi connectivity index (χ0n) is 15.0. The van der Waals surface area contributed by atoms with Crippen molar-refractivity contribution in [1.29, 1.82) is 0 Å². The topological polar surface area (TPSA) is 44.0 Å². The average Bonchev–Trinajstić information content (AvgIpc) is 3.09. The maximum atomic E-state index is 6.09. The van der Waals surface area contributed by atoms with Crippen LogP contribution in [-0.4, -0.2) is 41.0 Å². The Kier molecular flexibility index (Phi) is 5.54. The van der Waals surface area contributed by atoms with Crippen molar-refractivity contribution < 1.29 is 0 Å². The van der Waals surface area contributed by atoms with Crippen molar-refractivity contribution in [3.05, 3.63) is 53.1 Å². The minimum atomic E-state index is 0.723. The molecule has 1 aliphatic heterocycles. The Hall–Kier alpha value is -1.88. The molecule has 1 saturated heterocycles. The van der Waals surface area contributed by atoms with Crippen molar-refractivity contribution in [2.45, 2.75) is 25.8 Å². The molecular formula is C21H25ClN4. The molecule has 2 aromatic carbocycles. The molecule has 1 aliphatic rings. The van der Waals surface area contributed by atoms with Crippen LogP contribution >= 0.6 is 11.6 Å². The van der Waals surface area contributed by atoms with E-state index in [0.717, 1.165) is 47.1 Å². The van der Waals surface area contributed by atoms with Gasteiger partial charge in [0.05, 0.1) is 11.0 Å². The predicted molar refractivity (Wildman–Crippen MR) is 109 cm³/mol. The number of fused-ring (bicyclic) bond motifs is 1. The van der Waals surface area contributed by atoms with E-state index in [1.54, 1.807) is 0 Å². The van der Waals surface area contributed by atoms with Gasteiger partial charge >= 0.3 is 0 Å². The number of piperidine rings is 1. The molecule has 5 heteroatoms. The first-order chi connectivity index (χ1) is 12.8. The van der Waals surface area contributed by atoms with Gasteiger partial charge in [-0.05, 0) is 49.7 Å². The van der Waals surface area contributed by atoms with E-state index in [0.29, 0.717) is 0 Å². The van der Waals surface area contributed by atoms with Gasteiger partial charge in [-0.2, -0.15) is 0 Å². The zero-order chi connectivity index (χ0) is 17.8. The molecule has 0 spiro atoms. The van der Waals surface area contributed by atoms with E-state index in [4.69, 9.17) is 16.6 Å². The van der Waals surface area contributed by atoms with Gasteiger partial charge in [-0.3, -0.25) is 0 Å². The Morgan fingerprint density at radius 2 is 1.92 bits per heavy atom. The third-order valence-corrected chi connectivity index (χ3v) is 5.32. The monoisotopic (exact) mass is 368 g/mol. The van der Waals surface area contributed by atoms with E-state index in [1.807, 2.05) is 18.2 Å². The molecule has 0 amide bonds. The van der Waals surface area contributed by atoms with E-state index in [2.05, 4.69) is 39.5 Å². The Morgan fingerprint density at radius 3 is 2.81 bits per heavy atom. The molecule has 0 bridgehead atoms. The van der Waals surface area contributed by atoms with Crippen molar-refractivity contribution in [3.8, 4) is 11.4 Å². The van der Waals surface area contributed by atoms with E-state index in [-0.39, 0.29) is 0 Å². The molecule has 136 valence electrons. The maximum absolute atomic E-state index is 6.09. The van der Waals surface area contributed by atoms with Crippen molar-refractivity contribution in [2.75, 3.05) is 26.2 Å². The van der Waals surface area contributed by atoms with Crippen molar-refractivity contribution in [3.63, 3.8) is 0 Å². The van der Waals surface area contributed by atoms with Gasteiger partial charge in [0.2, 0.25) is 0 Å². The second-order valence-electron chi connectivity index (χ2n) is 6.98. The van der Waals surface area contributed by atoms with Crippen LogP contribution in [0.2, 0.25) is 5.02 Å². The minimum Gasteiger partial charge on any atom is -0.338 e. The third-order valence-electron chi connectivity index (χ3n) is 5.09. The fourth-order valence-electron chi connectivity index (χ4n) is 3.66. The number of halogens is 1. The molecule has 0 aliphatic carbocycles. The molecule has 1 aromatic heterocycles. The molecule has 0 saturated carbocycles. The highest BCUT2D eigenvalue weighted by atomic mass is 35.5. The summed E-state index contributed by atoms with van der Waals surface area (Å²) in [6.45, 7) is 5.50. The number of likely N-dealkylation sites (tertiary alicyclic amines) is 1. The maximum Gasteiger partial charge on any atom is 0.138 e. The minimum absolute atomic E-state index is 0.723. The van der Waals surface area contributed by atoms with E-state index >= 15 is 0 Å². The zero-order valence-corrected chi connectivity index (χ0v) is 15.7. The van der Waals surface area contributed by atoms with Crippen LogP contribution in [0, 0.1) is 0 Å². The van der Waals surface area contributed by atoms with Gasteiger partial charge in [-0.15, -0.1) is 0 Å². The van der Waals surface area contributed by atoms with E-state index < -0.39 is 0 Å². The average molecular weight is 369 g/mol. The summed E-state index contributed by atoms with van der Waals surface area (Å²) in [5.74, 6) is 0.899. The van der Waals surface area contributed by atoms with Crippen LogP contribution in [0.5, 0.6) is 0 Å². The lowest BCUT2D eigenvalue weighted by Crippen LogP contribution is -2.35. The summed E-state index contributed by atoms with van der Waals surface area (Å²) in [5, 5.41) is 4.32. The summed E-state index contributed by atoms with van der Waals surface area (Å²) in [4.78, 5) is 10.7. The molecule has 2 N–H and O–H groups in total. The summed E-state index contributed by atoms with van der Waals surface area (Å²) >= 11 is 6.09. The van der Waals surface area contributed by atoms with Crippen LogP contribution in [0.4, 0.5) is 0 Å². The van der Waals surface area contributed by atoms with Gasteiger partial charge < -0.3 is 15.2 Å². The predicted octanol–water partition coefficient (Wildman–Crippen LogP) is 4.46. The van der Waals surface area contributed by atoms with Crippen LogP contribution in [0.25, 0.3) is 22.4 Å². The molecule has 3 aromatic rings. The molecule has 4 nitrogen and oxygen atoms in total. The molecular weight excluding hydrogens is 344 g/mol.